The summed E-state index contributed by atoms with van der Waals surface area (Å²) in [6.45, 7) is 7.95. The van der Waals surface area contributed by atoms with Gasteiger partial charge in [0.1, 0.15) is 0 Å². The second-order valence-corrected chi connectivity index (χ2v) is 7.19. The highest BCUT2D eigenvalue weighted by atomic mass is 16.7. The van der Waals surface area contributed by atoms with Gasteiger partial charge in [-0.2, -0.15) is 0 Å². The maximum absolute atomic E-state index is 12.0. The Bertz CT molecular complexity index is 542. The molecule has 128 valence electrons. The van der Waals surface area contributed by atoms with E-state index in [2.05, 4.69) is 11.9 Å². The molecule has 23 heavy (non-hydrogen) atoms. The van der Waals surface area contributed by atoms with Gasteiger partial charge in [0, 0.05) is 31.4 Å². The van der Waals surface area contributed by atoms with E-state index in [0.29, 0.717) is 18.5 Å². The van der Waals surface area contributed by atoms with Gasteiger partial charge in [-0.15, -0.1) is 0 Å². The molecule has 5 nitrogen and oxygen atoms in total. The van der Waals surface area contributed by atoms with Crippen LogP contribution in [0.2, 0.25) is 0 Å². The molecule has 2 N–H and O–H groups in total. The van der Waals surface area contributed by atoms with E-state index in [0.717, 1.165) is 25.0 Å². The van der Waals surface area contributed by atoms with Crippen LogP contribution < -0.4 is 5.73 Å². The van der Waals surface area contributed by atoms with Crippen LogP contribution in [0.3, 0.4) is 0 Å². The number of unbranched alkanes of at least 4 members (excludes halogenated alkanes) is 1. The van der Waals surface area contributed by atoms with Gasteiger partial charge in [-0.3, -0.25) is 9.78 Å². The van der Waals surface area contributed by atoms with Crippen LogP contribution in [0.1, 0.15) is 71.4 Å². The van der Waals surface area contributed by atoms with Crippen LogP contribution in [0.25, 0.3) is 0 Å². The lowest BCUT2D eigenvalue weighted by molar-refractivity contribution is -0.286. The highest BCUT2D eigenvalue weighted by Crippen LogP contribution is 2.43. The number of carbonyl (C=O) groups excluding carboxylic acids is 1. The van der Waals surface area contributed by atoms with Crippen molar-refractivity contribution in [2.75, 3.05) is 5.73 Å². The van der Waals surface area contributed by atoms with E-state index in [1.54, 1.807) is 6.20 Å². The number of pyridine rings is 1. The van der Waals surface area contributed by atoms with Crippen LogP contribution in [0.15, 0.2) is 18.3 Å². The van der Waals surface area contributed by atoms with Crippen LogP contribution >= 0.6 is 0 Å². The SMILES string of the molecule is CCCCC(=O)OC1(C)CC(c2ccc(N)cn2)CC(C)(C)O1. The standard InChI is InChI=1S/C18H28N2O3/c1-5-6-7-16(21)22-18(4)11-13(10-17(2,3)23-18)15-9-8-14(19)12-20-15/h8-9,12-13H,5-7,10-11,19H2,1-4H3. The zero-order valence-corrected chi connectivity index (χ0v) is 14.6. The number of nitrogens with two attached hydrogens (primary N) is 1. The molecule has 2 rings (SSSR count). The lowest BCUT2D eigenvalue weighted by Crippen LogP contribution is -2.49. The van der Waals surface area contributed by atoms with Crippen molar-refractivity contribution in [2.45, 2.75) is 77.1 Å². The van der Waals surface area contributed by atoms with Gasteiger partial charge in [0.25, 0.3) is 0 Å². The predicted molar refractivity (Wildman–Crippen MR) is 89.8 cm³/mol. The molecule has 0 aliphatic carbocycles. The average Bonchev–Trinajstić information content (AvgIpc) is 2.43. The Labute approximate surface area is 138 Å². The van der Waals surface area contributed by atoms with E-state index in [-0.39, 0.29) is 17.5 Å². The van der Waals surface area contributed by atoms with Gasteiger partial charge in [-0.1, -0.05) is 13.3 Å². The minimum absolute atomic E-state index is 0.170. The molecule has 2 unspecified atom stereocenters. The van der Waals surface area contributed by atoms with Crippen LogP contribution in [0, 0.1) is 0 Å². The first-order valence-electron chi connectivity index (χ1n) is 8.36. The third-order valence-electron chi connectivity index (χ3n) is 4.14. The van der Waals surface area contributed by atoms with Gasteiger partial charge in [0.15, 0.2) is 0 Å². The molecule has 0 radical (unpaired) electrons. The Hall–Kier alpha value is -1.62. The number of ether oxygens (including phenoxy) is 2. The Morgan fingerprint density at radius 2 is 2.13 bits per heavy atom. The summed E-state index contributed by atoms with van der Waals surface area (Å²) >= 11 is 0. The second-order valence-electron chi connectivity index (χ2n) is 7.19. The molecule has 2 atom stereocenters. The Balaban J connectivity index is 2.14. The van der Waals surface area contributed by atoms with Crippen molar-refractivity contribution in [1.29, 1.82) is 0 Å². The highest BCUT2D eigenvalue weighted by Gasteiger charge is 2.45. The van der Waals surface area contributed by atoms with Gasteiger partial charge in [0.2, 0.25) is 5.79 Å². The van der Waals surface area contributed by atoms with Crippen LogP contribution in [0.5, 0.6) is 0 Å². The monoisotopic (exact) mass is 320 g/mol. The first kappa shape index (κ1) is 17.7. The lowest BCUT2D eigenvalue weighted by atomic mass is 9.82. The first-order chi connectivity index (χ1) is 10.7. The molecule has 1 aromatic heterocycles. The summed E-state index contributed by atoms with van der Waals surface area (Å²) in [5.41, 5.74) is 6.95. The predicted octanol–water partition coefficient (Wildman–Crippen LogP) is 3.79. The van der Waals surface area contributed by atoms with Crippen molar-refractivity contribution in [3.05, 3.63) is 24.0 Å². The molecule has 0 saturated carbocycles. The van der Waals surface area contributed by atoms with Crippen LogP contribution in [-0.4, -0.2) is 22.3 Å². The minimum atomic E-state index is -0.916. The Morgan fingerprint density at radius 1 is 1.39 bits per heavy atom. The van der Waals surface area contributed by atoms with Gasteiger partial charge < -0.3 is 15.2 Å². The fourth-order valence-electron chi connectivity index (χ4n) is 3.32. The zero-order valence-electron chi connectivity index (χ0n) is 14.6. The number of rotatable bonds is 5. The van der Waals surface area contributed by atoms with E-state index < -0.39 is 5.79 Å². The van der Waals surface area contributed by atoms with Crippen molar-refractivity contribution in [3.63, 3.8) is 0 Å². The van der Waals surface area contributed by atoms with E-state index in [4.69, 9.17) is 15.2 Å². The minimum Gasteiger partial charge on any atom is -0.433 e. The number of carbonyl (C=O) groups is 1. The zero-order chi connectivity index (χ0) is 17.1. The quantitative estimate of drug-likeness (QED) is 0.836. The fourth-order valence-corrected chi connectivity index (χ4v) is 3.32. The van der Waals surface area contributed by atoms with Gasteiger partial charge in [-0.05, 0) is 38.8 Å². The number of hydrogen-bond donors (Lipinski definition) is 1. The van der Waals surface area contributed by atoms with Crippen molar-refractivity contribution in [3.8, 4) is 0 Å². The maximum atomic E-state index is 12.0. The Kier molecular flexibility index (Phi) is 5.30. The number of aromatic nitrogens is 1. The third kappa shape index (κ3) is 4.93. The van der Waals surface area contributed by atoms with Crippen molar-refractivity contribution in [1.82, 2.24) is 4.98 Å². The van der Waals surface area contributed by atoms with E-state index in [1.807, 2.05) is 32.9 Å². The molecule has 1 aliphatic heterocycles. The van der Waals surface area contributed by atoms with Gasteiger partial charge in [0.05, 0.1) is 17.5 Å². The molecule has 1 saturated heterocycles. The summed E-state index contributed by atoms with van der Waals surface area (Å²) in [4.78, 5) is 16.5. The third-order valence-corrected chi connectivity index (χ3v) is 4.14. The smallest absolute Gasteiger partial charge is 0.308 e. The van der Waals surface area contributed by atoms with Gasteiger partial charge >= 0.3 is 5.97 Å². The molecule has 1 aliphatic rings. The van der Waals surface area contributed by atoms with E-state index in [9.17, 15) is 4.79 Å². The van der Waals surface area contributed by atoms with Crippen molar-refractivity contribution < 1.29 is 14.3 Å². The first-order valence-corrected chi connectivity index (χ1v) is 8.36. The maximum Gasteiger partial charge on any atom is 0.308 e. The second kappa shape index (κ2) is 6.87. The molecule has 0 amide bonds. The number of nitrogens with zero attached hydrogens (tertiary/aromatic N) is 1. The summed E-state index contributed by atoms with van der Waals surface area (Å²) in [6, 6.07) is 3.80. The molecule has 0 bridgehead atoms. The molecule has 1 fully saturated rings. The van der Waals surface area contributed by atoms with Crippen molar-refractivity contribution >= 4 is 11.7 Å². The number of esters is 1. The molecular weight excluding hydrogens is 292 g/mol. The van der Waals surface area contributed by atoms with Crippen LogP contribution in [-0.2, 0) is 14.3 Å². The summed E-state index contributed by atoms with van der Waals surface area (Å²) < 4.78 is 11.8. The number of hydrogen-bond acceptors (Lipinski definition) is 5. The molecule has 2 heterocycles. The lowest BCUT2D eigenvalue weighted by Gasteiger charge is -2.45. The molecular formula is C18H28N2O3. The number of nitrogen functional groups attached to an aromatic ring is 1. The fraction of sp³-hybridized carbons (Fsp3) is 0.667. The molecule has 1 aromatic rings. The van der Waals surface area contributed by atoms with Crippen molar-refractivity contribution in [2.24, 2.45) is 0 Å². The van der Waals surface area contributed by atoms with Crippen LogP contribution in [0.4, 0.5) is 5.69 Å². The van der Waals surface area contributed by atoms with E-state index >= 15 is 0 Å². The largest absolute Gasteiger partial charge is 0.433 e. The summed E-state index contributed by atoms with van der Waals surface area (Å²) in [7, 11) is 0. The van der Waals surface area contributed by atoms with E-state index in [1.165, 1.54) is 0 Å². The highest BCUT2D eigenvalue weighted by molar-refractivity contribution is 5.69. The molecule has 5 heteroatoms. The number of anilines is 1. The molecule has 0 spiro atoms. The summed E-state index contributed by atoms with van der Waals surface area (Å²) in [6.07, 6.45) is 5.33. The van der Waals surface area contributed by atoms with Gasteiger partial charge in [-0.25, -0.2) is 0 Å². The normalized spacial score (nSPS) is 26.7. The molecule has 0 aromatic carbocycles. The average molecular weight is 320 g/mol. The topological polar surface area (TPSA) is 74.4 Å². The summed E-state index contributed by atoms with van der Waals surface area (Å²) in [5, 5.41) is 0. The Morgan fingerprint density at radius 3 is 2.74 bits per heavy atom. The summed E-state index contributed by atoms with van der Waals surface area (Å²) in [5.74, 6) is -0.945.